The Bertz CT molecular complexity index is 497. The molecule has 3 N–H and O–H groups in total. The van der Waals surface area contributed by atoms with Crippen LogP contribution in [0.15, 0.2) is 30.5 Å². The molecule has 82 valence electrons. The Kier molecular flexibility index (Phi) is 2.17. The topological polar surface area (TPSA) is 54.7 Å². The lowest BCUT2D eigenvalue weighted by molar-refractivity contribution is 0.404. The molecule has 1 aromatic heterocycles. The van der Waals surface area contributed by atoms with Crippen LogP contribution in [0, 0.1) is 0 Å². The lowest BCUT2D eigenvalue weighted by atomic mass is 9.85. The standard InChI is InChI=1S/C13H15N3/c14-11-6-2-5-10(7-11)12-8-15-13(16-12)9-3-1-4-9/h2,5-9H,1,3-4,14H2,(H,15,16). The largest absolute Gasteiger partial charge is 0.399 e. The number of nitrogen functional groups attached to an aromatic ring is 1. The van der Waals surface area contributed by atoms with Gasteiger partial charge in [-0.1, -0.05) is 18.6 Å². The number of anilines is 1. The number of rotatable bonds is 2. The van der Waals surface area contributed by atoms with E-state index in [0.29, 0.717) is 5.92 Å². The van der Waals surface area contributed by atoms with Crippen molar-refractivity contribution in [3.63, 3.8) is 0 Å². The average Bonchev–Trinajstić information content (AvgIpc) is 2.64. The van der Waals surface area contributed by atoms with Crippen LogP contribution in [0.2, 0.25) is 0 Å². The molecule has 3 heteroatoms. The van der Waals surface area contributed by atoms with Crippen molar-refractivity contribution in [2.24, 2.45) is 0 Å². The minimum atomic E-state index is 0.648. The van der Waals surface area contributed by atoms with Gasteiger partial charge in [-0.3, -0.25) is 0 Å². The van der Waals surface area contributed by atoms with Crippen molar-refractivity contribution in [3.05, 3.63) is 36.3 Å². The number of hydrogen-bond donors (Lipinski definition) is 2. The second-order valence-electron chi connectivity index (χ2n) is 4.44. The molecule has 2 aromatic rings. The van der Waals surface area contributed by atoms with Crippen LogP contribution in [0.25, 0.3) is 11.3 Å². The molecular formula is C13H15N3. The number of benzene rings is 1. The van der Waals surface area contributed by atoms with Gasteiger partial charge in [-0.25, -0.2) is 4.98 Å². The minimum absolute atomic E-state index is 0.648. The molecule has 3 nitrogen and oxygen atoms in total. The number of nitrogens with one attached hydrogen (secondary N) is 1. The van der Waals surface area contributed by atoms with E-state index in [9.17, 15) is 0 Å². The summed E-state index contributed by atoms with van der Waals surface area (Å²) in [6, 6.07) is 7.88. The van der Waals surface area contributed by atoms with Crippen molar-refractivity contribution in [3.8, 4) is 11.3 Å². The van der Waals surface area contributed by atoms with Gasteiger partial charge in [0, 0.05) is 17.2 Å². The molecule has 0 amide bonds. The Morgan fingerprint density at radius 1 is 1.31 bits per heavy atom. The summed E-state index contributed by atoms with van der Waals surface area (Å²) in [4.78, 5) is 7.84. The summed E-state index contributed by atoms with van der Waals surface area (Å²) < 4.78 is 0. The Hall–Kier alpha value is -1.77. The second kappa shape index (κ2) is 3.67. The van der Waals surface area contributed by atoms with Gasteiger partial charge in [0.25, 0.3) is 0 Å². The molecule has 1 aliphatic carbocycles. The fourth-order valence-corrected chi connectivity index (χ4v) is 2.08. The lowest BCUT2D eigenvalue weighted by Crippen LogP contribution is -2.10. The van der Waals surface area contributed by atoms with E-state index in [4.69, 9.17) is 5.73 Å². The highest BCUT2D eigenvalue weighted by atomic mass is 14.9. The first-order chi connectivity index (χ1) is 7.83. The van der Waals surface area contributed by atoms with E-state index in [0.717, 1.165) is 22.8 Å². The Morgan fingerprint density at radius 3 is 2.88 bits per heavy atom. The minimum Gasteiger partial charge on any atom is -0.399 e. The third kappa shape index (κ3) is 1.58. The summed E-state index contributed by atoms with van der Waals surface area (Å²) in [5.74, 6) is 1.78. The fourth-order valence-electron chi connectivity index (χ4n) is 2.08. The van der Waals surface area contributed by atoms with Crippen molar-refractivity contribution >= 4 is 5.69 Å². The first kappa shape index (κ1) is 9.46. The van der Waals surface area contributed by atoms with Crippen LogP contribution in [-0.4, -0.2) is 9.97 Å². The van der Waals surface area contributed by atoms with E-state index in [1.165, 1.54) is 19.3 Å². The normalized spacial score (nSPS) is 16.0. The van der Waals surface area contributed by atoms with E-state index in [-0.39, 0.29) is 0 Å². The molecule has 0 saturated heterocycles. The SMILES string of the molecule is Nc1cccc(-c2cnc(C3CCC3)[nH]2)c1. The van der Waals surface area contributed by atoms with Crippen molar-refractivity contribution in [2.45, 2.75) is 25.2 Å². The molecule has 0 aliphatic heterocycles. The number of aromatic amines is 1. The van der Waals surface area contributed by atoms with Crippen LogP contribution in [-0.2, 0) is 0 Å². The maximum atomic E-state index is 5.77. The highest BCUT2D eigenvalue weighted by Crippen LogP contribution is 2.35. The third-order valence-electron chi connectivity index (χ3n) is 3.28. The van der Waals surface area contributed by atoms with Gasteiger partial charge in [-0.15, -0.1) is 0 Å². The monoisotopic (exact) mass is 213 g/mol. The first-order valence-corrected chi connectivity index (χ1v) is 5.74. The van der Waals surface area contributed by atoms with Crippen LogP contribution in [0.1, 0.15) is 31.0 Å². The van der Waals surface area contributed by atoms with E-state index in [1.54, 1.807) is 0 Å². The molecular weight excluding hydrogens is 198 g/mol. The molecule has 1 heterocycles. The van der Waals surface area contributed by atoms with Gasteiger partial charge in [0.1, 0.15) is 5.82 Å². The van der Waals surface area contributed by atoms with E-state index < -0.39 is 0 Å². The van der Waals surface area contributed by atoms with Gasteiger partial charge >= 0.3 is 0 Å². The first-order valence-electron chi connectivity index (χ1n) is 5.74. The molecule has 1 aromatic carbocycles. The van der Waals surface area contributed by atoms with Gasteiger partial charge in [0.15, 0.2) is 0 Å². The smallest absolute Gasteiger partial charge is 0.109 e. The third-order valence-corrected chi connectivity index (χ3v) is 3.28. The van der Waals surface area contributed by atoms with Crippen LogP contribution < -0.4 is 5.73 Å². The van der Waals surface area contributed by atoms with Gasteiger partial charge < -0.3 is 10.7 Å². The Balaban J connectivity index is 1.91. The summed E-state index contributed by atoms with van der Waals surface area (Å²) in [7, 11) is 0. The number of aromatic nitrogens is 2. The zero-order chi connectivity index (χ0) is 11.0. The molecule has 3 rings (SSSR count). The molecule has 0 atom stereocenters. The van der Waals surface area contributed by atoms with Gasteiger partial charge in [0.05, 0.1) is 11.9 Å². The summed E-state index contributed by atoms with van der Waals surface area (Å²) in [5, 5.41) is 0. The molecule has 0 bridgehead atoms. The van der Waals surface area contributed by atoms with Gasteiger partial charge in [-0.2, -0.15) is 0 Å². The predicted molar refractivity (Wildman–Crippen MR) is 65.0 cm³/mol. The van der Waals surface area contributed by atoms with E-state index >= 15 is 0 Å². The van der Waals surface area contributed by atoms with E-state index in [2.05, 4.69) is 16.0 Å². The molecule has 1 saturated carbocycles. The number of H-pyrrole nitrogens is 1. The van der Waals surface area contributed by atoms with Crippen molar-refractivity contribution < 1.29 is 0 Å². The summed E-state index contributed by atoms with van der Waals surface area (Å²) in [6.07, 6.45) is 5.77. The maximum Gasteiger partial charge on any atom is 0.109 e. The molecule has 0 unspecified atom stereocenters. The van der Waals surface area contributed by atoms with Gasteiger partial charge in [-0.05, 0) is 25.0 Å². The molecule has 1 aliphatic rings. The van der Waals surface area contributed by atoms with Crippen LogP contribution in [0.3, 0.4) is 0 Å². The second-order valence-corrected chi connectivity index (χ2v) is 4.44. The number of imidazole rings is 1. The number of hydrogen-bond acceptors (Lipinski definition) is 2. The Morgan fingerprint density at radius 2 is 2.19 bits per heavy atom. The molecule has 0 radical (unpaired) electrons. The van der Waals surface area contributed by atoms with Crippen molar-refractivity contribution in [1.82, 2.24) is 9.97 Å². The lowest BCUT2D eigenvalue weighted by Gasteiger charge is -2.22. The molecule has 1 fully saturated rings. The highest BCUT2D eigenvalue weighted by molar-refractivity contribution is 5.63. The summed E-state index contributed by atoms with van der Waals surface area (Å²) in [6.45, 7) is 0. The maximum absolute atomic E-state index is 5.77. The number of nitrogens with zero attached hydrogens (tertiary/aromatic N) is 1. The summed E-state index contributed by atoms with van der Waals surface area (Å²) in [5.41, 5.74) is 8.73. The van der Waals surface area contributed by atoms with Crippen molar-refractivity contribution in [1.29, 1.82) is 0 Å². The molecule has 16 heavy (non-hydrogen) atoms. The number of nitrogens with two attached hydrogens (primary N) is 1. The highest BCUT2D eigenvalue weighted by Gasteiger charge is 2.22. The quantitative estimate of drug-likeness (QED) is 0.753. The average molecular weight is 213 g/mol. The van der Waals surface area contributed by atoms with Gasteiger partial charge in [0.2, 0.25) is 0 Å². The molecule has 0 spiro atoms. The predicted octanol–water partition coefficient (Wildman–Crippen LogP) is 2.93. The van der Waals surface area contributed by atoms with E-state index in [1.807, 2.05) is 24.4 Å². The zero-order valence-electron chi connectivity index (χ0n) is 9.11. The summed E-state index contributed by atoms with van der Waals surface area (Å²) >= 11 is 0. The Labute approximate surface area is 94.7 Å². The van der Waals surface area contributed by atoms with Crippen LogP contribution in [0.4, 0.5) is 5.69 Å². The van der Waals surface area contributed by atoms with Crippen LogP contribution >= 0.6 is 0 Å². The zero-order valence-corrected chi connectivity index (χ0v) is 9.11. The van der Waals surface area contributed by atoms with Crippen LogP contribution in [0.5, 0.6) is 0 Å². The fraction of sp³-hybridized carbons (Fsp3) is 0.308. The van der Waals surface area contributed by atoms with Crippen molar-refractivity contribution in [2.75, 3.05) is 5.73 Å².